The first-order valence-electron chi connectivity index (χ1n) is 7.34. The highest BCUT2D eigenvalue weighted by Gasteiger charge is 2.12. The van der Waals surface area contributed by atoms with Gasteiger partial charge in [-0.1, -0.05) is 12.1 Å². The van der Waals surface area contributed by atoms with Crippen LogP contribution in [0.1, 0.15) is 10.4 Å². The van der Waals surface area contributed by atoms with Gasteiger partial charge in [0.1, 0.15) is 5.56 Å². The predicted octanol–water partition coefficient (Wildman–Crippen LogP) is 2.07. The van der Waals surface area contributed by atoms with Gasteiger partial charge >= 0.3 is 0 Å². The Bertz CT molecular complexity index is 1050. The molecule has 0 spiro atoms. The Morgan fingerprint density at radius 3 is 2.62 bits per heavy atom. The monoisotopic (exact) mass is 390 g/mol. The van der Waals surface area contributed by atoms with Crippen LogP contribution in [0, 0.1) is 5.21 Å². The zero-order valence-corrected chi connectivity index (χ0v) is 15.2. The summed E-state index contributed by atoms with van der Waals surface area (Å²) in [5, 5.41) is 16.0. The third-order valence-corrected chi connectivity index (χ3v) is 4.61. The molecule has 0 radical (unpaired) electrons. The maximum absolute atomic E-state index is 12.1. The molecule has 2 heterocycles. The van der Waals surface area contributed by atoms with Crippen molar-refractivity contribution in [2.24, 2.45) is 0 Å². The molecule has 0 aliphatic heterocycles. The summed E-state index contributed by atoms with van der Waals surface area (Å²) in [6, 6.07) is 9.74. The van der Waals surface area contributed by atoms with Crippen LogP contribution >= 0.6 is 11.3 Å². The van der Waals surface area contributed by atoms with Gasteiger partial charge in [-0.05, 0) is 18.2 Å². The molecule has 8 nitrogen and oxygen atoms in total. The number of carbonyl (C=O) groups excluding carboxylic acids is 1. The lowest BCUT2D eigenvalue weighted by atomic mass is 10.1. The van der Waals surface area contributed by atoms with Crippen LogP contribution in [-0.4, -0.2) is 25.6 Å². The Labute approximate surface area is 153 Å². The van der Waals surface area contributed by atoms with Crippen LogP contribution in [0.15, 0.2) is 54.2 Å². The number of aromatic nitrogens is 2. The van der Waals surface area contributed by atoms with Gasteiger partial charge in [-0.25, -0.2) is 13.4 Å². The molecule has 0 fully saturated rings. The third-order valence-electron chi connectivity index (χ3n) is 3.25. The molecule has 0 atom stereocenters. The van der Waals surface area contributed by atoms with Crippen molar-refractivity contribution in [3.63, 3.8) is 0 Å². The molecule has 3 rings (SSSR count). The molecule has 0 unspecified atom stereocenters. The Balaban J connectivity index is 1.72. The number of carbonyl (C=O) groups is 1. The maximum Gasteiger partial charge on any atom is 0.263 e. The van der Waals surface area contributed by atoms with Crippen molar-refractivity contribution < 1.29 is 17.9 Å². The SMILES string of the molecule is CS(=O)(=O)Nc1ccc(-c2csc(NC(=O)c3ccc[n+]([O-])c3)n2)cc1. The number of sulfonamides is 1. The molecule has 2 N–H and O–H groups in total. The molecule has 134 valence electrons. The highest BCUT2D eigenvalue weighted by Crippen LogP contribution is 2.26. The van der Waals surface area contributed by atoms with Gasteiger partial charge in [0.05, 0.1) is 11.9 Å². The molecular weight excluding hydrogens is 376 g/mol. The van der Waals surface area contributed by atoms with Crippen molar-refractivity contribution in [1.29, 1.82) is 0 Å². The molecular formula is C16H14N4O4S2. The van der Waals surface area contributed by atoms with Gasteiger partial charge in [0.2, 0.25) is 10.0 Å². The fraction of sp³-hybridized carbons (Fsp3) is 0.0625. The van der Waals surface area contributed by atoms with Gasteiger partial charge in [0.25, 0.3) is 5.91 Å². The normalized spacial score (nSPS) is 11.1. The second-order valence-corrected chi connectivity index (χ2v) is 8.00. The number of pyridine rings is 1. The maximum atomic E-state index is 12.1. The summed E-state index contributed by atoms with van der Waals surface area (Å²) < 4.78 is 25.4. The minimum absolute atomic E-state index is 0.232. The van der Waals surface area contributed by atoms with Crippen molar-refractivity contribution in [1.82, 2.24) is 4.98 Å². The summed E-state index contributed by atoms with van der Waals surface area (Å²) in [5.41, 5.74) is 2.10. The fourth-order valence-corrected chi connectivity index (χ4v) is 3.42. The van der Waals surface area contributed by atoms with E-state index in [0.29, 0.717) is 21.2 Å². The van der Waals surface area contributed by atoms with E-state index >= 15 is 0 Å². The van der Waals surface area contributed by atoms with Gasteiger partial charge < -0.3 is 5.21 Å². The predicted molar refractivity (Wildman–Crippen MR) is 99.4 cm³/mol. The minimum atomic E-state index is -3.33. The molecule has 1 amide bonds. The lowest BCUT2D eigenvalue weighted by Crippen LogP contribution is -2.27. The first kappa shape index (κ1) is 17.8. The standard InChI is InChI=1S/C16H14N4O4S2/c1-26(23,24)19-13-6-4-11(5-7-13)14-10-25-16(17-14)18-15(21)12-3-2-8-20(22)9-12/h2-10,19H,1H3,(H,17,18,21). The molecule has 0 saturated heterocycles. The molecule has 0 saturated carbocycles. The van der Waals surface area contributed by atoms with Crippen LogP contribution in [0.4, 0.5) is 10.8 Å². The number of amides is 1. The van der Waals surface area contributed by atoms with E-state index in [2.05, 4.69) is 15.0 Å². The van der Waals surface area contributed by atoms with Crippen molar-refractivity contribution >= 4 is 38.1 Å². The van der Waals surface area contributed by atoms with Gasteiger partial charge in [0.15, 0.2) is 17.5 Å². The number of nitrogens with zero attached hydrogens (tertiary/aromatic N) is 2. The first-order chi connectivity index (χ1) is 12.3. The molecule has 3 aromatic rings. The van der Waals surface area contributed by atoms with Crippen molar-refractivity contribution in [2.45, 2.75) is 0 Å². The van der Waals surface area contributed by atoms with Gasteiger partial charge in [-0.2, -0.15) is 4.73 Å². The molecule has 0 aliphatic rings. The van der Waals surface area contributed by atoms with E-state index in [9.17, 15) is 18.4 Å². The van der Waals surface area contributed by atoms with E-state index < -0.39 is 15.9 Å². The number of benzene rings is 1. The van der Waals surface area contributed by atoms with Gasteiger partial charge in [0, 0.05) is 22.7 Å². The van der Waals surface area contributed by atoms with Crippen molar-refractivity contribution in [3.05, 3.63) is 64.9 Å². The zero-order valence-electron chi connectivity index (χ0n) is 13.5. The van der Waals surface area contributed by atoms with E-state index in [1.807, 2.05) is 0 Å². The van der Waals surface area contributed by atoms with Crippen LogP contribution < -0.4 is 14.8 Å². The number of nitrogens with one attached hydrogen (secondary N) is 2. The summed E-state index contributed by atoms with van der Waals surface area (Å²) in [6.07, 6.45) is 3.55. The largest absolute Gasteiger partial charge is 0.619 e. The van der Waals surface area contributed by atoms with E-state index in [0.717, 1.165) is 11.8 Å². The summed E-state index contributed by atoms with van der Waals surface area (Å²) >= 11 is 1.25. The molecule has 2 aromatic heterocycles. The number of hydrogen-bond acceptors (Lipinski definition) is 6. The molecule has 0 aliphatic carbocycles. The summed E-state index contributed by atoms with van der Waals surface area (Å²) in [7, 11) is -3.33. The van der Waals surface area contributed by atoms with Gasteiger partial charge in [-0.15, -0.1) is 11.3 Å². The van der Waals surface area contributed by atoms with E-state index in [1.54, 1.807) is 29.6 Å². The van der Waals surface area contributed by atoms with Crippen LogP contribution in [0.25, 0.3) is 11.3 Å². The lowest BCUT2D eigenvalue weighted by Gasteiger charge is -2.04. The molecule has 26 heavy (non-hydrogen) atoms. The van der Waals surface area contributed by atoms with Crippen LogP contribution in [-0.2, 0) is 10.0 Å². The number of hydrogen-bond donors (Lipinski definition) is 2. The first-order valence-corrected chi connectivity index (χ1v) is 10.1. The number of thiazole rings is 1. The second kappa shape index (κ2) is 7.10. The fourth-order valence-electron chi connectivity index (χ4n) is 2.15. The molecule has 10 heteroatoms. The zero-order chi connectivity index (χ0) is 18.7. The lowest BCUT2D eigenvalue weighted by molar-refractivity contribution is -0.605. The number of rotatable bonds is 5. The Morgan fingerprint density at radius 1 is 1.23 bits per heavy atom. The van der Waals surface area contributed by atoms with Crippen LogP contribution in [0.3, 0.4) is 0 Å². The highest BCUT2D eigenvalue weighted by molar-refractivity contribution is 7.92. The topological polar surface area (TPSA) is 115 Å². The van der Waals surface area contributed by atoms with Crippen molar-refractivity contribution in [3.8, 4) is 11.3 Å². The van der Waals surface area contributed by atoms with Gasteiger partial charge in [-0.3, -0.25) is 14.8 Å². The van der Waals surface area contributed by atoms with Crippen LogP contribution in [0.2, 0.25) is 0 Å². The quantitative estimate of drug-likeness (QED) is 0.511. The summed E-state index contributed by atoms with van der Waals surface area (Å²) in [5.74, 6) is -0.427. The smallest absolute Gasteiger partial charge is 0.263 e. The highest BCUT2D eigenvalue weighted by atomic mass is 32.2. The summed E-state index contributed by atoms with van der Waals surface area (Å²) in [6.45, 7) is 0. The van der Waals surface area contributed by atoms with E-state index in [-0.39, 0.29) is 5.56 Å². The number of anilines is 2. The second-order valence-electron chi connectivity index (χ2n) is 5.40. The molecule has 0 bridgehead atoms. The minimum Gasteiger partial charge on any atom is -0.619 e. The van der Waals surface area contributed by atoms with Crippen LogP contribution in [0.5, 0.6) is 0 Å². The Morgan fingerprint density at radius 2 is 1.96 bits per heavy atom. The third kappa shape index (κ3) is 4.55. The Kier molecular flexibility index (Phi) is 4.87. The molecule has 1 aromatic carbocycles. The average Bonchev–Trinajstić information content (AvgIpc) is 3.02. The van der Waals surface area contributed by atoms with E-state index in [4.69, 9.17) is 0 Å². The van der Waals surface area contributed by atoms with E-state index in [1.165, 1.54) is 35.9 Å². The average molecular weight is 390 g/mol. The van der Waals surface area contributed by atoms with Crippen molar-refractivity contribution in [2.75, 3.05) is 16.3 Å². The Hall–Kier alpha value is -2.98. The summed E-state index contributed by atoms with van der Waals surface area (Å²) in [4.78, 5) is 16.5.